The summed E-state index contributed by atoms with van der Waals surface area (Å²) in [6.45, 7) is 0.0276. The highest BCUT2D eigenvalue weighted by Gasteiger charge is 2.31. The monoisotopic (exact) mass is 395 g/mol. The summed E-state index contributed by atoms with van der Waals surface area (Å²) >= 11 is 1.28. The zero-order chi connectivity index (χ0) is 19.5. The smallest absolute Gasteiger partial charge is 0.281 e. The second-order valence-corrected chi connectivity index (χ2v) is 7.30. The number of amides is 2. The van der Waals surface area contributed by atoms with Crippen molar-refractivity contribution in [1.29, 1.82) is 0 Å². The molecule has 1 N–H and O–H groups in total. The Hall–Kier alpha value is -3.33. The standard InChI is InChI=1S/C19H17N5O3S/c1-24-16-15(6-4-8-21-16)27-11-14(19(24)26)23-17(25)18-22-10-13(28-18)9-12-5-2-3-7-20-12/h2-8,10,14H,9,11H2,1H3,(H,23,25)/t14-/m0/s1. The highest BCUT2D eigenvalue weighted by molar-refractivity contribution is 7.13. The van der Waals surface area contributed by atoms with Gasteiger partial charge in [-0.15, -0.1) is 11.3 Å². The molecule has 3 aromatic rings. The lowest BCUT2D eigenvalue weighted by Crippen LogP contribution is -2.49. The summed E-state index contributed by atoms with van der Waals surface area (Å²) in [4.78, 5) is 40.2. The molecular weight excluding hydrogens is 378 g/mol. The van der Waals surface area contributed by atoms with Crippen molar-refractivity contribution in [3.05, 3.63) is 64.5 Å². The van der Waals surface area contributed by atoms with Gasteiger partial charge in [-0.2, -0.15) is 0 Å². The number of likely N-dealkylation sites (N-methyl/N-ethyl adjacent to an activating group) is 1. The molecule has 0 bridgehead atoms. The molecule has 0 spiro atoms. The van der Waals surface area contributed by atoms with Crippen molar-refractivity contribution in [2.24, 2.45) is 0 Å². The number of nitrogens with zero attached hydrogens (tertiary/aromatic N) is 4. The number of carbonyl (C=O) groups is 2. The van der Waals surface area contributed by atoms with Gasteiger partial charge in [0, 0.05) is 42.6 Å². The Morgan fingerprint density at radius 1 is 1.25 bits per heavy atom. The molecule has 1 atom stereocenters. The molecule has 0 aromatic carbocycles. The Balaban J connectivity index is 1.45. The maximum atomic E-state index is 12.7. The lowest BCUT2D eigenvalue weighted by molar-refractivity contribution is -0.120. The third-order valence-electron chi connectivity index (χ3n) is 4.24. The molecule has 9 heteroatoms. The molecule has 0 aliphatic carbocycles. The number of fused-ring (bicyclic) bond motifs is 1. The number of rotatable bonds is 4. The fourth-order valence-electron chi connectivity index (χ4n) is 2.83. The summed E-state index contributed by atoms with van der Waals surface area (Å²) in [5, 5.41) is 3.01. The molecule has 28 heavy (non-hydrogen) atoms. The first kappa shape index (κ1) is 18.1. The van der Waals surface area contributed by atoms with Gasteiger partial charge in [-0.05, 0) is 24.3 Å². The van der Waals surface area contributed by atoms with E-state index in [0.29, 0.717) is 23.0 Å². The quantitative estimate of drug-likeness (QED) is 0.722. The van der Waals surface area contributed by atoms with Crippen molar-refractivity contribution in [3.8, 4) is 5.75 Å². The Morgan fingerprint density at radius 3 is 2.93 bits per heavy atom. The van der Waals surface area contributed by atoms with Crippen molar-refractivity contribution in [2.75, 3.05) is 18.6 Å². The van der Waals surface area contributed by atoms with E-state index in [4.69, 9.17) is 4.74 Å². The molecule has 0 saturated heterocycles. The molecule has 4 heterocycles. The lowest BCUT2D eigenvalue weighted by Gasteiger charge is -2.19. The van der Waals surface area contributed by atoms with E-state index in [1.54, 1.807) is 37.8 Å². The number of nitrogens with one attached hydrogen (secondary N) is 1. The highest BCUT2D eigenvalue weighted by Crippen LogP contribution is 2.27. The normalized spacial score (nSPS) is 16.1. The lowest BCUT2D eigenvalue weighted by atomic mass is 10.2. The summed E-state index contributed by atoms with van der Waals surface area (Å²) in [6, 6.07) is 8.33. The second-order valence-electron chi connectivity index (χ2n) is 6.19. The van der Waals surface area contributed by atoms with Crippen LogP contribution in [0, 0.1) is 0 Å². The van der Waals surface area contributed by atoms with Crippen LogP contribution in [0.3, 0.4) is 0 Å². The molecule has 0 radical (unpaired) electrons. The zero-order valence-electron chi connectivity index (χ0n) is 15.0. The summed E-state index contributed by atoms with van der Waals surface area (Å²) in [5.41, 5.74) is 0.900. The Bertz CT molecular complexity index is 1010. The van der Waals surface area contributed by atoms with E-state index in [9.17, 15) is 9.59 Å². The average molecular weight is 395 g/mol. The third kappa shape index (κ3) is 3.70. The van der Waals surface area contributed by atoms with Crippen LogP contribution in [-0.4, -0.2) is 46.5 Å². The molecule has 2 amide bonds. The van der Waals surface area contributed by atoms with E-state index in [2.05, 4.69) is 20.3 Å². The Labute approximate surface area is 165 Å². The first-order chi connectivity index (χ1) is 13.6. The van der Waals surface area contributed by atoms with E-state index in [1.165, 1.54) is 16.2 Å². The number of hydrogen-bond acceptors (Lipinski definition) is 7. The first-order valence-electron chi connectivity index (χ1n) is 8.62. The number of anilines is 1. The summed E-state index contributed by atoms with van der Waals surface area (Å²) in [7, 11) is 1.61. The molecular formula is C19H17N5O3S. The first-order valence-corrected chi connectivity index (χ1v) is 9.44. The molecule has 0 unspecified atom stereocenters. The van der Waals surface area contributed by atoms with Crippen molar-refractivity contribution in [2.45, 2.75) is 12.5 Å². The fourth-order valence-corrected chi connectivity index (χ4v) is 3.66. The molecule has 142 valence electrons. The average Bonchev–Trinajstić information content (AvgIpc) is 3.15. The van der Waals surface area contributed by atoms with Crippen LogP contribution >= 0.6 is 11.3 Å². The summed E-state index contributed by atoms with van der Waals surface area (Å²) in [5.74, 6) is 0.223. The fraction of sp³-hybridized carbons (Fsp3) is 0.211. The second kappa shape index (κ2) is 7.73. The number of aromatic nitrogens is 3. The molecule has 4 rings (SSSR count). The Kier molecular flexibility index (Phi) is 4.98. The van der Waals surface area contributed by atoms with Crippen molar-refractivity contribution < 1.29 is 14.3 Å². The van der Waals surface area contributed by atoms with Gasteiger partial charge < -0.3 is 10.1 Å². The summed E-state index contributed by atoms with van der Waals surface area (Å²) < 4.78 is 5.66. The van der Waals surface area contributed by atoms with Crippen LogP contribution in [-0.2, 0) is 11.2 Å². The predicted octanol–water partition coefficient (Wildman–Crippen LogP) is 1.68. The van der Waals surface area contributed by atoms with Crippen molar-refractivity contribution >= 4 is 29.0 Å². The molecule has 1 aliphatic heterocycles. The van der Waals surface area contributed by atoms with Crippen LogP contribution < -0.4 is 15.0 Å². The van der Waals surface area contributed by atoms with Crippen LogP contribution in [0.2, 0.25) is 0 Å². The number of hydrogen-bond donors (Lipinski definition) is 1. The SMILES string of the molecule is CN1C(=O)[C@@H](NC(=O)c2ncc(Cc3ccccn3)s2)COc2cccnc21. The van der Waals surface area contributed by atoms with Gasteiger partial charge in [0.2, 0.25) is 0 Å². The van der Waals surface area contributed by atoms with Gasteiger partial charge in [0.15, 0.2) is 16.6 Å². The maximum Gasteiger partial charge on any atom is 0.281 e. The Morgan fingerprint density at radius 2 is 2.11 bits per heavy atom. The maximum absolute atomic E-state index is 12.7. The van der Waals surface area contributed by atoms with Gasteiger partial charge in [0.25, 0.3) is 11.8 Å². The topological polar surface area (TPSA) is 97.3 Å². The van der Waals surface area contributed by atoms with Gasteiger partial charge in [-0.25, -0.2) is 9.97 Å². The zero-order valence-corrected chi connectivity index (χ0v) is 15.8. The van der Waals surface area contributed by atoms with Gasteiger partial charge in [-0.3, -0.25) is 19.5 Å². The van der Waals surface area contributed by atoms with E-state index in [-0.39, 0.29) is 12.5 Å². The largest absolute Gasteiger partial charge is 0.487 e. The van der Waals surface area contributed by atoms with Gasteiger partial charge in [-0.1, -0.05) is 6.07 Å². The van der Waals surface area contributed by atoms with Crippen LogP contribution in [0.1, 0.15) is 20.4 Å². The number of pyridine rings is 2. The minimum absolute atomic E-state index is 0.0276. The van der Waals surface area contributed by atoms with Crippen LogP contribution in [0.15, 0.2) is 48.9 Å². The van der Waals surface area contributed by atoms with Crippen LogP contribution in [0.25, 0.3) is 0 Å². The van der Waals surface area contributed by atoms with E-state index in [0.717, 1.165) is 10.6 Å². The molecule has 3 aromatic heterocycles. The van der Waals surface area contributed by atoms with E-state index in [1.807, 2.05) is 18.2 Å². The van der Waals surface area contributed by atoms with E-state index >= 15 is 0 Å². The molecule has 0 fully saturated rings. The van der Waals surface area contributed by atoms with Crippen LogP contribution in [0.4, 0.5) is 5.82 Å². The number of carbonyl (C=O) groups excluding carboxylic acids is 2. The van der Waals surface area contributed by atoms with Crippen molar-refractivity contribution in [1.82, 2.24) is 20.3 Å². The highest BCUT2D eigenvalue weighted by atomic mass is 32.1. The van der Waals surface area contributed by atoms with Crippen molar-refractivity contribution in [3.63, 3.8) is 0 Å². The van der Waals surface area contributed by atoms with E-state index < -0.39 is 11.9 Å². The molecule has 0 saturated carbocycles. The molecule has 1 aliphatic rings. The number of ether oxygens (including phenoxy) is 1. The van der Waals surface area contributed by atoms with Gasteiger partial charge in [0.05, 0.1) is 0 Å². The van der Waals surface area contributed by atoms with Gasteiger partial charge >= 0.3 is 0 Å². The predicted molar refractivity (Wildman–Crippen MR) is 104 cm³/mol. The summed E-state index contributed by atoms with van der Waals surface area (Å²) in [6.07, 6.45) is 5.57. The number of thiazole rings is 1. The molecule has 8 nitrogen and oxygen atoms in total. The third-order valence-corrected chi connectivity index (χ3v) is 5.23. The minimum atomic E-state index is -0.824. The minimum Gasteiger partial charge on any atom is -0.487 e. The van der Waals surface area contributed by atoms with Crippen LogP contribution in [0.5, 0.6) is 5.75 Å². The van der Waals surface area contributed by atoms with Gasteiger partial charge in [0.1, 0.15) is 12.6 Å².